The van der Waals surface area contributed by atoms with E-state index in [4.69, 9.17) is 4.74 Å². The summed E-state index contributed by atoms with van der Waals surface area (Å²) in [7, 11) is 0. The minimum atomic E-state index is -4.46. The number of alkyl halides is 3. The van der Waals surface area contributed by atoms with Crippen LogP contribution in [0.25, 0.3) is 0 Å². The van der Waals surface area contributed by atoms with Crippen LogP contribution in [0.2, 0.25) is 0 Å². The number of ether oxygens (including phenoxy) is 1. The van der Waals surface area contributed by atoms with Crippen molar-refractivity contribution in [3.63, 3.8) is 0 Å². The Morgan fingerprint density at radius 2 is 2.21 bits per heavy atom. The van der Waals surface area contributed by atoms with Crippen LogP contribution in [-0.2, 0) is 17.5 Å². The van der Waals surface area contributed by atoms with Crippen molar-refractivity contribution in [1.29, 1.82) is 0 Å². The van der Waals surface area contributed by atoms with Gasteiger partial charge in [0.05, 0.1) is 11.9 Å². The Kier molecular flexibility index (Phi) is 5.80. The molecule has 0 saturated heterocycles. The molecule has 1 aromatic carbocycles. The van der Waals surface area contributed by atoms with E-state index in [1.807, 2.05) is 0 Å². The van der Waals surface area contributed by atoms with Crippen molar-refractivity contribution in [2.75, 3.05) is 13.2 Å². The van der Waals surface area contributed by atoms with Gasteiger partial charge in [-0.05, 0) is 18.2 Å². The lowest BCUT2D eigenvalue weighted by Crippen LogP contribution is -2.36. The zero-order valence-corrected chi connectivity index (χ0v) is 12.5. The molecule has 0 aliphatic heterocycles. The zero-order valence-electron chi connectivity index (χ0n) is 12.5. The Bertz CT molecular complexity index is 659. The van der Waals surface area contributed by atoms with Crippen molar-refractivity contribution < 1.29 is 27.8 Å². The number of benzene rings is 1. The maximum Gasteiger partial charge on any atom is 0.416 e. The van der Waals surface area contributed by atoms with Crippen LogP contribution in [0.5, 0.6) is 5.75 Å². The number of nitrogens with one attached hydrogen (secondary N) is 1. The summed E-state index contributed by atoms with van der Waals surface area (Å²) in [5, 5.41) is 12.2. The minimum absolute atomic E-state index is 0.00591. The molecule has 2 aromatic rings. The van der Waals surface area contributed by atoms with Gasteiger partial charge in [-0.3, -0.25) is 4.79 Å². The SMILES string of the molecule is O=C(Cn1ccnc1)NCC(O)COc1cccc(C(F)(F)F)c1. The highest BCUT2D eigenvalue weighted by Gasteiger charge is 2.30. The molecule has 0 aliphatic carbocycles. The van der Waals surface area contributed by atoms with E-state index in [1.54, 1.807) is 10.8 Å². The Labute approximate surface area is 135 Å². The Hall–Kier alpha value is -2.55. The van der Waals surface area contributed by atoms with Gasteiger partial charge in [0.1, 0.15) is 25.0 Å². The van der Waals surface area contributed by atoms with E-state index in [9.17, 15) is 23.1 Å². The van der Waals surface area contributed by atoms with Gasteiger partial charge in [0.2, 0.25) is 5.91 Å². The van der Waals surface area contributed by atoms with Gasteiger partial charge < -0.3 is 19.7 Å². The molecule has 1 atom stereocenters. The van der Waals surface area contributed by atoms with E-state index < -0.39 is 17.8 Å². The third-order valence-electron chi connectivity index (χ3n) is 3.02. The summed E-state index contributed by atoms with van der Waals surface area (Å²) in [6.07, 6.45) is -0.879. The minimum Gasteiger partial charge on any atom is -0.491 e. The molecule has 0 saturated carbocycles. The number of amides is 1. The van der Waals surface area contributed by atoms with E-state index in [-0.39, 0.29) is 31.4 Å². The van der Waals surface area contributed by atoms with E-state index >= 15 is 0 Å². The first-order valence-electron chi connectivity index (χ1n) is 7.05. The number of nitrogens with zero attached hydrogens (tertiary/aromatic N) is 2. The third-order valence-corrected chi connectivity index (χ3v) is 3.02. The average molecular weight is 343 g/mol. The van der Waals surface area contributed by atoms with E-state index in [0.717, 1.165) is 12.1 Å². The topological polar surface area (TPSA) is 76.4 Å². The van der Waals surface area contributed by atoms with Crippen molar-refractivity contribution in [2.45, 2.75) is 18.8 Å². The van der Waals surface area contributed by atoms with Crippen LogP contribution >= 0.6 is 0 Å². The lowest BCUT2D eigenvalue weighted by molar-refractivity contribution is -0.137. The second kappa shape index (κ2) is 7.82. The molecule has 1 aromatic heterocycles. The molecular weight excluding hydrogens is 327 g/mol. The van der Waals surface area contributed by atoms with Crippen LogP contribution < -0.4 is 10.1 Å². The van der Waals surface area contributed by atoms with Crippen LogP contribution in [0, 0.1) is 0 Å². The third kappa shape index (κ3) is 5.58. The molecule has 0 bridgehead atoms. The molecule has 130 valence electrons. The Morgan fingerprint density at radius 3 is 2.88 bits per heavy atom. The number of carbonyl (C=O) groups is 1. The van der Waals surface area contributed by atoms with Crippen LogP contribution in [-0.4, -0.2) is 39.8 Å². The molecule has 0 radical (unpaired) electrons. The molecule has 0 fully saturated rings. The van der Waals surface area contributed by atoms with E-state index in [2.05, 4.69) is 10.3 Å². The maximum absolute atomic E-state index is 12.6. The Balaban J connectivity index is 1.75. The summed E-state index contributed by atoms with van der Waals surface area (Å²) in [5.74, 6) is -0.334. The van der Waals surface area contributed by atoms with Gasteiger partial charge in [-0.25, -0.2) is 4.98 Å². The summed E-state index contributed by atoms with van der Waals surface area (Å²) in [6.45, 7) is -0.264. The molecule has 0 aliphatic rings. The number of hydrogen-bond acceptors (Lipinski definition) is 4. The largest absolute Gasteiger partial charge is 0.491 e. The van der Waals surface area contributed by atoms with Crippen LogP contribution in [0.15, 0.2) is 43.0 Å². The number of rotatable bonds is 7. The van der Waals surface area contributed by atoms with Gasteiger partial charge in [-0.2, -0.15) is 13.2 Å². The summed E-state index contributed by atoms with van der Waals surface area (Å²) in [5.41, 5.74) is -0.830. The number of hydrogen-bond donors (Lipinski definition) is 2. The smallest absolute Gasteiger partial charge is 0.416 e. The highest BCUT2D eigenvalue weighted by Crippen LogP contribution is 2.31. The molecule has 2 N–H and O–H groups in total. The van der Waals surface area contributed by atoms with Crippen molar-refractivity contribution >= 4 is 5.91 Å². The normalized spacial score (nSPS) is 12.7. The number of aromatic nitrogens is 2. The highest BCUT2D eigenvalue weighted by molar-refractivity contribution is 5.75. The second-order valence-electron chi connectivity index (χ2n) is 5.03. The van der Waals surface area contributed by atoms with Crippen molar-refractivity contribution in [1.82, 2.24) is 14.9 Å². The van der Waals surface area contributed by atoms with Crippen molar-refractivity contribution in [3.8, 4) is 5.75 Å². The fourth-order valence-electron chi connectivity index (χ4n) is 1.85. The van der Waals surface area contributed by atoms with Gasteiger partial charge in [-0.15, -0.1) is 0 Å². The molecule has 24 heavy (non-hydrogen) atoms. The first-order chi connectivity index (χ1) is 11.3. The number of imidazole rings is 1. The molecule has 1 amide bonds. The fourth-order valence-corrected chi connectivity index (χ4v) is 1.85. The van der Waals surface area contributed by atoms with Gasteiger partial charge in [0, 0.05) is 18.9 Å². The summed E-state index contributed by atoms with van der Waals surface area (Å²) in [6, 6.07) is 4.36. The summed E-state index contributed by atoms with van der Waals surface area (Å²) < 4.78 is 44.4. The van der Waals surface area contributed by atoms with Gasteiger partial charge in [0.25, 0.3) is 0 Å². The van der Waals surface area contributed by atoms with Crippen LogP contribution in [0.1, 0.15) is 5.56 Å². The predicted octanol–water partition coefficient (Wildman–Crippen LogP) is 1.46. The number of aliphatic hydroxyl groups is 1. The van der Waals surface area contributed by atoms with Gasteiger partial charge >= 0.3 is 6.18 Å². The highest BCUT2D eigenvalue weighted by atomic mass is 19.4. The van der Waals surface area contributed by atoms with Crippen LogP contribution in [0.4, 0.5) is 13.2 Å². The lowest BCUT2D eigenvalue weighted by atomic mass is 10.2. The van der Waals surface area contributed by atoms with E-state index in [1.165, 1.54) is 24.7 Å². The molecule has 6 nitrogen and oxygen atoms in total. The molecular formula is C15H16F3N3O3. The van der Waals surface area contributed by atoms with Gasteiger partial charge in [-0.1, -0.05) is 6.07 Å². The van der Waals surface area contributed by atoms with Crippen LogP contribution in [0.3, 0.4) is 0 Å². The van der Waals surface area contributed by atoms with Gasteiger partial charge in [0.15, 0.2) is 0 Å². The van der Waals surface area contributed by atoms with Crippen molar-refractivity contribution in [3.05, 3.63) is 48.5 Å². The lowest BCUT2D eigenvalue weighted by Gasteiger charge is -2.14. The quantitative estimate of drug-likeness (QED) is 0.798. The molecule has 1 heterocycles. The molecule has 0 spiro atoms. The summed E-state index contributed by atoms with van der Waals surface area (Å²) in [4.78, 5) is 15.4. The fraction of sp³-hybridized carbons (Fsp3) is 0.333. The zero-order chi connectivity index (χ0) is 17.6. The second-order valence-corrected chi connectivity index (χ2v) is 5.03. The first kappa shape index (κ1) is 17.8. The number of aliphatic hydroxyl groups excluding tert-OH is 1. The molecule has 2 rings (SSSR count). The molecule has 1 unspecified atom stereocenters. The number of carbonyl (C=O) groups excluding carboxylic acids is 1. The first-order valence-corrected chi connectivity index (χ1v) is 7.05. The number of halogens is 3. The Morgan fingerprint density at radius 1 is 1.42 bits per heavy atom. The predicted molar refractivity (Wildman–Crippen MR) is 78.2 cm³/mol. The molecule has 9 heteroatoms. The van der Waals surface area contributed by atoms with Crippen molar-refractivity contribution in [2.24, 2.45) is 0 Å². The van der Waals surface area contributed by atoms with E-state index in [0.29, 0.717) is 0 Å². The monoisotopic (exact) mass is 343 g/mol. The average Bonchev–Trinajstić information content (AvgIpc) is 3.03. The standard InChI is InChI=1S/C15H16F3N3O3/c16-15(17,18)11-2-1-3-13(6-11)24-9-12(22)7-20-14(23)8-21-5-4-19-10-21/h1-6,10,12,22H,7-9H2,(H,20,23). The summed E-state index contributed by atoms with van der Waals surface area (Å²) >= 11 is 0. The maximum atomic E-state index is 12.6.